The second kappa shape index (κ2) is 6.57. The van der Waals surface area contributed by atoms with Crippen LogP contribution in [0, 0.1) is 6.92 Å². The van der Waals surface area contributed by atoms with Crippen molar-refractivity contribution in [3.8, 4) is 5.75 Å². The van der Waals surface area contributed by atoms with Crippen LogP contribution in [0.1, 0.15) is 24.0 Å². The molecule has 0 aliphatic carbocycles. The fourth-order valence-corrected chi connectivity index (χ4v) is 2.47. The minimum atomic E-state index is 0.0672. The summed E-state index contributed by atoms with van der Waals surface area (Å²) in [5, 5.41) is 6.38. The number of amides is 1. The van der Waals surface area contributed by atoms with Crippen molar-refractivity contribution in [2.75, 3.05) is 20.2 Å². The van der Waals surface area contributed by atoms with Gasteiger partial charge in [0.2, 0.25) is 5.91 Å². The third-order valence-corrected chi connectivity index (χ3v) is 3.45. The fraction of sp³-hybridized carbons (Fsp3) is 0.533. The van der Waals surface area contributed by atoms with Gasteiger partial charge in [0.15, 0.2) is 0 Å². The maximum absolute atomic E-state index is 12.1. The molecule has 1 amide bonds. The van der Waals surface area contributed by atoms with Gasteiger partial charge in [0.25, 0.3) is 0 Å². The molecule has 1 fully saturated rings. The van der Waals surface area contributed by atoms with Crippen LogP contribution in [0.15, 0.2) is 18.2 Å². The molecule has 2 rings (SSSR count). The highest BCUT2D eigenvalue weighted by molar-refractivity contribution is 5.79. The van der Waals surface area contributed by atoms with E-state index in [9.17, 15) is 4.79 Å². The summed E-state index contributed by atoms with van der Waals surface area (Å²) in [5.41, 5.74) is 2.09. The van der Waals surface area contributed by atoms with Crippen molar-refractivity contribution in [2.45, 2.75) is 32.2 Å². The van der Waals surface area contributed by atoms with Gasteiger partial charge < -0.3 is 15.4 Å². The zero-order valence-corrected chi connectivity index (χ0v) is 11.7. The number of methoxy groups -OCH3 is 1. The highest BCUT2D eigenvalue weighted by atomic mass is 16.5. The maximum atomic E-state index is 12.1. The number of benzene rings is 1. The molecule has 19 heavy (non-hydrogen) atoms. The van der Waals surface area contributed by atoms with Gasteiger partial charge in [0.05, 0.1) is 13.5 Å². The lowest BCUT2D eigenvalue weighted by atomic mass is 10.1. The number of carbonyl (C=O) groups is 1. The molecule has 1 saturated heterocycles. The smallest absolute Gasteiger partial charge is 0.224 e. The van der Waals surface area contributed by atoms with Crippen LogP contribution < -0.4 is 15.4 Å². The van der Waals surface area contributed by atoms with Gasteiger partial charge in [-0.05, 0) is 32.4 Å². The van der Waals surface area contributed by atoms with Crippen LogP contribution in [-0.4, -0.2) is 32.1 Å². The predicted octanol–water partition coefficient (Wildman–Crippen LogP) is 1.41. The third-order valence-electron chi connectivity index (χ3n) is 3.45. The number of hydrogen-bond donors (Lipinski definition) is 2. The molecule has 0 spiro atoms. The first-order valence-corrected chi connectivity index (χ1v) is 6.82. The van der Waals surface area contributed by atoms with E-state index in [0.717, 1.165) is 42.8 Å². The van der Waals surface area contributed by atoms with Gasteiger partial charge in [-0.1, -0.05) is 17.7 Å². The van der Waals surface area contributed by atoms with Crippen LogP contribution in [0.3, 0.4) is 0 Å². The van der Waals surface area contributed by atoms with Crippen LogP contribution in [0.5, 0.6) is 5.75 Å². The molecule has 1 aliphatic rings. The van der Waals surface area contributed by atoms with E-state index in [1.807, 2.05) is 25.1 Å². The molecular weight excluding hydrogens is 240 g/mol. The highest BCUT2D eigenvalue weighted by Crippen LogP contribution is 2.20. The quantitative estimate of drug-likeness (QED) is 0.862. The second-order valence-corrected chi connectivity index (χ2v) is 5.10. The summed E-state index contributed by atoms with van der Waals surface area (Å²) in [4.78, 5) is 12.1. The molecule has 1 atom stereocenters. The van der Waals surface area contributed by atoms with E-state index in [2.05, 4.69) is 10.6 Å². The minimum absolute atomic E-state index is 0.0672. The monoisotopic (exact) mass is 262 g/mol. The summed E-state index contributed by atoms with van der Waals surface area (Å²) in [6, 6.07) is 6.18. The number of aryl methyl sites for hydroxylation is 1. The maximum Gasteiger partial charge on any atom is 0.224 e. The Morgan fingerprint density at radius 1 is 1.53 bits per heavy atom. The average molecular weight is 262 g/mol. The Kier molecular flexibility index (Phi) is 4.80. The van der Waals surface area contributed by atoms with E-state index in [1.165, 1.54) is 0 Å². The molecule has 0 radical (unpaired) electrons. The Bertz CT molecular complexity index is 440. The van der Waals surface area contributed by atoms with Crippen LogP contribution in [0.25, 0.3) is 0 Å². The molecule has 0 saturated carbocycles. The second-order valence-electron chi connectivity index (χ2n) is 5.10. The number of rotatable bonds is 4. The summed E-state index contributed by atoms with van der Waals surface area (Å²) < 4.78 is 5.30. The van der Waals surface area contributed by atoms with Crippen molar-refractivity contribution in [2.24, 2.45) is 0 Å². The van der Waals surface area contributed by atoms with Crippen molar-refractivity contribution in [3.05, 3.63) is 29.3 Å². The molecule has 4 heteroatoms. The minimum Gasteiger partial charge on any atom is -0.496 e. The molecule has 1 aromatic rings. The standard InChI is InChI=1S/C15H22N2O2/c1-11-5-6-14(19-2)12(8-11)9-15(18)17-13-4-3-7-16-10-13/h5-6,8,13,16H,3-4,7,9-10H2,1-2H3,(H,17,18)/t13-/m0/s1. The normalized spacial score (nSPS) is 18.9. The number of carbonyl (C=O) groups excluding carboxylic acids is 1. The van der Waals surface area contributed by atoms with Gasteiger partial charge in [0.1, 0.15) is 5.75 Å². The van der Waals surface area contributed by atoms with Crippen LogP contribution >= 0.6 is 0 Å². The van der Waals surface area contributed by atoms with Gasteiger partial charge in [-0.25, -0.2) is 0 Å². The lowest BCUT2D eigenvalue weighted by Crippen LogP contribution is -2.46. The van der Waals surface area contributed by atoms with Gasteiger partial charge in [-0.2, -0.15) is 0 Å². The van der Waals surface area contributed by atoms with Gasteiger partial charge in [0, 0.05) is 18.2 Å². The molecule has 0 aromatic heterocycles. The van der Waals surface area contributed by atoms with E-state index in [-0.39, 0.29) is 11.9 Å². The summed E-state index contributed by atoms with van der Waals surface area (Å²) in [6.45, 7) is 3.95. The fourth-order valence-electron chi connectivity index (χ4n) is 2.47. The Balaban J connectivity index is 1.95. The summed E-state index contributed by atoms with van der Waals surface area (Å²) in [5.74, 6) is 0.847. The average Bonchev–Trinajstić information content (AvgIpc) is 2.40. The SMILES string of the molecule is COc1ccc(C)cc1CC(=O)N[C@H]1CCCNC1. The van der Waals surface area contributed by atoms with Crippen LogP contribution in [0.4, 0.5) is 0 Å². The van der Waals surface area contributed by atoms with E-state index in [4.69, 9.17) is 4.74 Å². The lowest BCUT2D eigenvalue weighted by Gasteiger charge is -2.24. The van der Waals surface area contributed by atoms with Crippen LogP contribution in [0.2, 0.25) is 0 Å². The Morgan fingerprint density at radius 2 is 2.37 bits per heavy atom. The molecule has 4 nitrogen and oxygen atoms in total. The first-order valence-electron chi connectivity index (χ1n) is 6.82. The van der Waals surface area contributed by atoms with Crippen molar-refractivity contribution >= 4 is 5.91 Å². The third kappa shape index (κ3) is 3.96. The van der Waals surface area contributed by atoms with Gasteiger partial charge >= 0.3 is 0 Å². The number of nitrogens with one attached hydrogen (secondary N) is 2. The Morgan fingerprint density at radius 3 is 3.05 bits per heavy atom. The largest absolute Gasteiger partial charge is 0.496 e. The predicted molar refractivity (Wildman–Crippen MR) is 75.5 cm³/mol. The van der Waals surface area contributed by atoms with E-state index >= 15 is 0 Å². The van der Waals surface area contributed by atoms with E-state index in [0.29, 0.717) is 6.42 Å². The molecular formula is C15H22N2O2. The van der Waals surface area contributed by atoms with Crippen molar-refractivity contribution in [1.29, 1.82) is 0 Å². The molecule has 1 heterocycles. The van der Waals surface area contributed by atoms with Crippen molar-refractivity contribution in [3.63, 3.8) is 0 Å². The van der Waals surface area contributed by atoms with Gasteiger partial charge in [-0.15, -0.1) is 0 Å². The summed E-state index contributed by atoms with van der Waals surface area (Å²) in [6.07, 6.45) is 2.56. The zero-order valence-electron chi connectivity index (χ0n) is 11.7. The molecule has 1 aliphatic heterocycles. The summed E-state index contributed by atoms with van der Waals surface area (Å²) in [7, 11) is 1.64. The topological polar surface area (TPSA) is 50.4 Å². The highest BCUT2D eigenvalue weighted by Gasteiger charge is 2.16. The molecule has 0 bridgehead atoms. The zero-order chi connectivity index (χ0) is 13.7. The Labute approximate surface area is 114 Å². The van der Waals surface area contributed by atoms with Gasteiger partial charge in [-0.3, -0.25) is 4.79 Å². The first kappa shape index (κ1) is 13.9. The van der Waals surface area contributed by atoms with E-state index < -0.39 is 0 Å². The molecule has 1 aromatic carbocycles. The number of hydrogen-bond acceptors (Lipinski definition) is 3. The van der Waals surface area contributed by atoms with Crippen molar-refractivity contribution < 1.29 is 9.53 Å². The summed E-state index contributed by atoms with van der Waals surface area (Å²) >= 11 is 0. The van der Waals surface area contributed by atoms with Crippen LogP contribution in [-0.2, 0) is 11.2 Å². The first-order chi connectivity index (χ1) is 9.19. The molecule has 0 unspecified atom stereocenters. The number of ether oxygens (including phenoxy) is 1. The van der Waals surface area contributed by atoms with E-state index in [1.54, 1.807) is 7.11 Å². The van der Waals surface area contributed by atoms with Crippen molar-refractivity contribution in [1.82, 2.24) is 10.6 Å². The lowest BCUT2D eigenvalue weighted by molar-refractivity contribution is -0.121. The molecule has 104 valence electrons. The Hall–Kier alpha value is -1.55. The number of piperidine rings is 1. The molecule has 2 N–H and O–H groups in total.